The van der Waals surface area contributed by atoms with Gasteiger partial charge in [-0.05, 0) is 66.2 Å². The van der Waals surface area contributed by atoms with Crippen LogP contribution >= 0.6 is 23.4 Å². The summed E-state index contributed by atoms with van der Waals surface area (Å²) in [7, 11) is 1.60. The Morgan fingerprint density at radius 1 is 1.12 bits per heavy atom. The first-order chi connectivity index (χ1) is 11.5. The normalized spacial score (nSPS) is 16.1. The molecule has 3 rings (SSSR count). The Morgan fingerprint density at radius 3 is 2.50 bits per heavy atom. The number of carbonyl (C=O) groups excluding carboxylic acids is 2. The molecule has 0 bridgehead atoms. The number of hydrogen-bond donors (Lipinski definition) is 0. The average molecular weight is 360 g/mol. The molecule has 1 aliphatic heterocycles. The predicted molar refractivity (Wildman–Crippen MR) is 97.6 cm³/mol. The Labute approximate surface area is 149 Å². The molecule has 1 heterocycles. The van der Waals surface area contributed by atoms with Gasteiger partial charge in [0.25, 0.3) is 11.1 Å². The number of halogens is 1. The molecule has 0 unspecified atom stereocenters. The number of benzene rings is 2. The number of carbonyl (C=O) groups is 2. The number of hydrogen-bond acceptors (Lipinski definition) is 4. The minimum Gasteiger partial charge on any atom is -0.496 e. The molecular weight excluding hydrogens is 346 g/mol. The second-order valence-corrected chi connectivity index (χ2v) is 6.65. The summed E-state index contributed by atoms with van der Waals surface area (Å²) in [5.74, 6) is 0.396. The van der Waals surface area contributed by atoms with Crippen LogP contribution in [0.25, 0.3) is 6.08 Å². The molecule has 1 aliphatic rings. The van der Waals surface area contributed by atoms with Gasteiger partial charge < -0.3 is 4.74 Å². The Bertz CT molecular complexity index is 846. The van der Waals surface area contributed by atoms with Crippen molar-refractivity contribution < 1.29 is 14.3 Å². The summed E-state index contributed by atoms with van der Waals surface area (Å²) < 4.78 is 5.29. The van der Waals surface area contributed by atoms with E-state index in [2.05, 4.69) is 0 Å². The summed E-state index contributed by atoms with van der Waals surface area (Å²) in [5.41, 5.74) is 2.31. The molecule has 0 atom stereocenters. The summed E-state index contributed by atoms with van der Waals surface area (Å²) in [5, 5.41) is 0.223. The molecule has 4 nitrogen and oxygen atoms in total. The zero-order valence-corrected chi connectivity index (χ0v) is 14.6. The second-order valence-electron chi connectivity index (χ2n) is 5.22. The lowest BCUT2D eigenvalue weighted by Crippen LogP contribution is -2.27. The van der Waals surface area contributed by atoms with Crippen LogP contribution in [0.4, 0.5) is 10.5 Å². The van der Waals surface area contributed by atoms with Gasteiger partial charge in [-0.25, -0.2) is 4.90 Å². The van der Waals surface area contributed by atoms with Crippen LogP contribution in [-0.4, -0.2) is 18.3 Å². The molecule has 1 saturated heterocycles. The lowest BCUT2D eigenvalue weighted by Gasteiger charge is -2.12. The van der Waals surface area contributed by atoms with Gasteiger partial charge in [-0.2, -0.15) is 0 Å². The Kier molecular flexibility index (Phi) is 4.64. The van der Waals surface area contributed by atoms with Crippen LogP contribution in [0.1, 0.15) is 11.1 Å². The summed E-state index contributed by atoms with van der Waals surface area (Å²) in [4.78, 5) is 26.3. The number of anilines is 1. The number of aryl methyl sites for hydroxylation is 1. The number of imide groups is 1. The van der Waals surface area contributed by atoms with E-state index in [0.717, 1.165) is 33.5 Å². The van der Waals surface area contributed by atoms with E-state index in [4.69, 9.17) is 16.3 Å². The molecule has 2 aromatic rings. The highest BCUT2D eigenvalue weighted by Crippen LogP contribution is 2.36. The van der Waals surface area contributed by atoms with E-state index in [9.17, 15) is 9.59 Å². The molecule has 0 radical (unpaired) electrons. The topological polar surface area (TPSA) is 46.6 Å². The quantitative estimate of drug-likeness (QED) is 0.731. The van der Waals surface area contributed by atoms with Gasteiger partial charge in [-0.15, -0.1) is 0 Å². The molecule has 0 aromatic heterocycles. The number of amides is 2. The van der Waals surface area contributed by atoms with Crippen molar-refractivity contribution in [2.75, 3.05) is 12.0 Å². The first-order valence-electron chi connectivity index (χ1n) is 7.18. The SMILES string of the molecule is COc1cc(/C=C2\SC(=O)N(c3ccc(Cl)cc3)C2=O)ccc1C. The highest BCUT2D eigenvalue weighted by Gasteiger charge is 2.36. The van der Waals surface area contributed by atoms with Crippen molar-refractivity contribution in [3.8, 4) is 5.75 Å². The van der Waals surface area contributed by atoms with E-state index in [1.54, 1.807) is 37.5 Å². The molecule has 1 fully saturated rings. The minimum atomic E-state index is -0.341. The van der Waals surface area contributed by atoms with Crippen LogP contribution in [-0.2, 0) is 4.79 Å². The maximum absolute atomic E-state index is 12.6. The largest absolute Gasteiger partial charge is 0.496 e. The van der Waals surface area contributed by atoms with Gasteiger partial charge in [0.2, 0.25) is 0 Å². The summed E-state index contributed by atoms with van der Waals surface area (Å²) in [6.45, 7) is 1.94. The minimum absolute atomic E-state index is 0.326. The van der Waals surface area contributed by atoms with Crippen LogP contribution in [0.5, 0.6) is 5.75 Å². The van der Waals surface area contributed by atoms with Crippen molar-refractivity contribution in [2.45, 2.75) is 6.92 Å². The van der Waals surface area contributed by atoms with Gasteiger partial charge in [-0.1, -0.05) is 23.7 Å². The van der Waals surface area contributed by atoms with E-state index in [-0.39, 0.29) is 11.1 Å². The molecular formula is C18H14ClNO3S. The zero-order chi connectivity index (χ0) is 17.3. The van der Waals surface area contributed by atoms with Crippen molar-refractivity contribution in [3.63, 3.8) is 0 Å². The van der Waals surface area contributed by atoms with Crippen molar-refractivity contribution >= 4 is 46.3 Å². The smallest absolute Gasteiger partial charge is 0.298 e. The van der Waals surface area contributed by atoms with E-state index in [1.807, 2.05) is 25.1 Å². The maximum Gasteiger partial charge on any atom is 0.298 e. The summed E-state index contributed by atoms with van der Waals surface area (Å²) in [6.07, 6.45) is 1.70. The number of ether oxygens (including phenoxy) is 1. The molecule has 122 valence electrons. The molecule has 0 N–H and O–H groups in total. The highest BCUT2D eigenvalue weighted by atomic mass is 35.5. The van der Waals surface area contributed by atoms with Gasteiger partial charge in [-0.3, -0.25) is 9.59 Å². The van der Waals surface area contributed by atoms with E-state index < -0.39 is 0 Å². The van der Waals surface area contributed by atoms with Crippen molar-refractivity contribution in [2.24, 2.45) is 0 Å². The second kappa shape index (κ2) is 6.71. The van der Waals surface area contributed by atoms with Gasteiger partial charge in [0.05, 0.1) is 17.7 Å². The zero-order valence-electron chi connectivity index (χ0n) is 13.1. The summed E-state index contributed by atoms with van der Waals surface area (Å²) >= 11 is 6.77. The molecule has 2 aromatic carbocycles. The van der Waals surface area contributed by atoms with Gasteiger partial charge in [0, 0.05) is 5.02 Å². The first-order valence-corrected chi connectivity index (χ1v) is 8.37. The highest BCUT2D eigenvalue weighted by molar-refractivity contribution is 8.19. The number of rotatable bonds is 3. The maximum atomic E-state index is 12.6. The van der Waals surface area contributed by atoms with Crippen LogP contribution in [0.2, 0.25) is 5.02 Å². The molecule has 0 aliphatic carbocycles. The molecule has 0 spiro atoms. The Hall–Kier alpha value is -2.24. The Morgan fingerprint density at radius 2 is 1.83 bits per heavy atom. The van der Waals surface area contributed by atoms with E-state index in [1.165, 1.54) is 0 Å². The first kappa shape index (κ1) is 16.6. The predicted octanol–water partition coefficient (Wildman–Crippen LogP) is 4.90. The van der Waals surface area contributed by atoms with Crippen LogP contribution in [0.3, 0.4) is 0 Å². The number of methoxy groups -OCH3 is 1. The fourth-order valence-electron chi connectivity index (χ4n) is 2.36. The third kappa shape index (κ3) is 3.18. The van der Waals surface area contributed by atoms with Crippen LogP contribution in [0.15, 0.2) is 47.4 Å². The molecule has 0 saturated carbocycles. The summed E-state index contributed by atoms with van der Waals surface area (Å²) in [6, 6.07) is 12.2. The van der Waals surface area contributed by atoms with Gasteiger partial charge in [0.15, 0.2) is 0 Å². The number of nitrogens with zero attached hydrogens (tertiary/aromatic N) is 1. The van der Waals surface area contributed by atoms with E-state index in [0.29, 0.717) is 15.6 Å². The van der Waals surface area contributed by atoms with Crippen LogP contribution in [0, 0.1) is 6.92 Å². The lowest BCUT2D eigenvalue weighted by atomic mass is 10.1. The van der Waals surface area contributed by atoms with Crippen LogP contribution < -0.4 is 9.64 Å². The van der Waals surface area contributed by atoms with Gasteiger partial charge >= 0.3 is 0 Å². The lowest BCUT2D eigenvalue weighted by molar-refractivity contribution is -0.113. The molecule has 6 heteroatoms. The number of thioether (sulfide) groups is 1. The molecule has 2 amide bonds. The molecule has 24 heavy (non-hydrogen) atoms. The Balaban J connectivity index is 1.92. The van der Waals surface area contributed by atoms with Gasteiger partial charge in [0.1, 0.15) is 5.75 Å². The van der Waals surface area contributed by atoms with Crippen molar-refractivity contribution in [1.29, 1.82) is 0 Å². The van der Waals surface area contributed by atoms with E-state index >= 15 is 0 Å². The van der Waals surface area contributed by atoms with Crippen molar-refractivity contribution in [1.82, 2.24) is 0 Å². The fraction of sp³-hybridized carbons (Fsp3) is 0.111. The average Bonchev–Trinajstić information content (AvgIpc) is 2.84. The van der Waals surface area contributed by atoms with Crippen molar-refractivity contribution in [3.05, 3.63) is 63.5 Å². The third-order valence-corrected chi connectivity index (χ3v) is 4.73. The standard InChI is InChI=1S/C18H14ClNO3S/c1-11-3-4-12(9-15(11)23-2)10-16-17(21)20(18(22)24-16)14-7-5-13(19)6-8-14/h3-10H,1-2H3/b16-10-. The fourth-order valence-corrected chi connectivity index (χ4v) is 3.33. The third-order valence-electron chi connectivity index (χ3n) is 3.61. The monoisotopic (exact) mass is 359 g/mol.